The van der Waals surface area contributed by atoms with Gasteiger partial charge in [0.1, 0.15) is 5.78 Å². The van der Waals surface area contributed by atoms with E-state index < -0.39 is 11.7 Å². The van der Waals surface area contributed by atoms with Crippen LogP contribution >= 0.6 is 0 Å². The van der Waals surface area contributed by atoms with E-state index >= 15 is 0 Å². The molecule has 0 aromatic heterocycles. The van der Waals surface area contributed by atoms with Gasteiger partial charge in [0, 0.05) is 6.92 Å². The van der Waals surface area contributed by atoms with Gasteiger partial charge in [-0.15, -0.1) is 0 Å². The highest BCUT2D eigenvalue weighted by Crippen LogP contribution is 1.98. The van der Waals surface area contributed by atoms with E-state index in [9.17, 15) is 9.59 Å². The van der Waals surface area contributed by atoms with Crippen LogP contribution in [-0.4, -0.2) is 22.1 Å². The van der Waals surface area contributed by atoms with Crippen molar-refractivity contribution in [3.63, 3.8) is 0 Å². The summed E-state index contributed by atoms with van der Waals surface area (Å²) in [6.45, 7) is 4.17. The van der Waals surface area contributed by atoms with Gasteiger partial charge in [-0.3, -0.25) is 9.59 Å². The highest BCUT2D eigenvalue weighted by atomic mass is 16.1. The van der Waals surface area contributed by atoms with Crippen LogP contribution in [0.25, 0.3) is 5.53 Å². The van der Waals surface area contributed by atoms with Crippen LogP contribution in [0.4, 0.5) is 0 Å². The number of Topliss-reactive ketones (excluding diaryl/α,β-unsaturated/α-hetero) is 2. The van der Waals surface area contributed by atoms with Crippen molar-refractivity contribution in [2.75, 3.05) is 0 Å². The summed E-state index contributed by atoms with van der Waals surface area (Å²) in [6.07, 6.45) is 0. The van der Waals surface area contributed by atoms with Crippen molar-refractivity contribution in [2.24, 2.45) is 5.92 Å². The predicted octanol–water partition coefficient (Wildman–Crippen LogP) is 0.471. The first kappa shape index (κ1) is 9.72. The van der Waals surface area contributed by atoms with E-state index in [1.165, 1.54) is 20.8 Å². The first-order valence-electron chi connectivity index (χ1n) is 3.24. The normalized spacial score (nSPS) is 11.5. The molecule has 0 aromatic rings. The number of ketones is 2. The molecule has 60 valence electrons. The van der Waals surface area contributed by atoms with Crippen LogP contribution < -0.4 is 0 Å². The molecule has 0 amide bonds. The molecular formula is C7H10N2O2. The molecule has 11 heavy (non-hydrogen) atoms. The van der Waals surface area contributed by atoms with Gasteiger partial charge in [-0.2, -0.15) is 4.79 Å². The molecule has 0 heterocycles. The molecular weight excluding hydrogens is 144 g/mol. The van der Waals surface area contributed by atoms with Crippen molar-refractivity contribution in [2.45, 2.75) is 20.8 Å². The molecule has 0 aliphatic carbocycles. The van der Waals surface area contributed by atoms with Gasteiger partial charge in [0.05, 0.1) is 5.92 Å². The fourth-order valence-electron chi connectivity index (χ4n) is 0.547. The highest BCUT2D eigenvalue weighted by molar-refractivity contribution is 6.40. The maximum Gasteiger partial charge on any atom is 0.332 e. The third-order valence-electron chi connectivity index (χ3n) is 1.51. The van der Waals surface area contributed by atoms with E-state index in [4.69, 9.17) is 5.53 Å². The molecule has 0 spiro atoms. The summed E-state index contributed by atoms with van der Waals surface area (Å²) in [5.74, 6) is -1.36. The Morgan fingerprint density at radius 2 is 1.82 bits per heavy atom. The number of carbonyl (C=O) groups excluding carboxylic acids is 2. The molecule has 0 aromatic carbocycles. The van der Waals surface area contributed by atoms with Gasteiger partial charge in [0.25, 0.3) is 0 Å². The van der Waals surface area contributed by atoms with Crippen LogP contribution in [0, 0.1) is 5.92 Å². The standard InChI is InChI=1S/C7H10N2O2/c1-4(6(3)10)7(11)5(2)9-8/h4H,1-3H3. The lowest BCUT2D eigenvalue weighted by Gasteiger charge is -1.98. The quantitative estimate of drug-likeness (QED) is 0.256. The SMILES string of the molecule is CC(=O)C(C)C(=O)C(C)=[N+]=[N-]. The van der Waals surface area contributed by atoms with Gasteiger partial charge in [-0.25, -0.2) is 0 Å². The van der Waals surface area contributed by atoms with E-state index in [0.717, 1.165) is 0 Å². The molecule has 0 N–H and O–H groups in total. The Morgan fingerprint density at radius 3 is 2.09 bits per heavy atom. The van der Waals surface area contributed by atoms with Crippen molar-refractivity contribution < 1.29 is 14.4 Å². The Bertz CT molecular complexity index is 239. The maximum atomic E-state index is 11.0. The topological polar surface area (TPSA) is 70.5 Å². The summed E-state index contributed by atoms with van der Waals surface area (Å²) < 4.78 is 0. The minimum atomic E-state index is -0.703. The van der Waals surface area contributed by atoms with Crippen LogP contribution in [0.5, 0.6) is 0 Å². The summed E-state index contributed by atoms with van der Waals surface area (Å²) in [5.41, 5.74) is 8.16. The minimum absolute atomic E-state index is 0.0345. The lowest BCUT2D eigenvalue weighted by Crippen LogP contribution is -2.25. The summed E-state index contributed by atoms with van der Waals surface area (Å²) in [5, 5.41) is 0. The highest BCUT2D eigenvalue weighted by Gasteiger charge is 2.24. The Labute approximate surface area is 64.8 Å². The van der Waals surface area contributed by atoms with Crippen LogP contribution in [-0.2, 0) is 9.59 Å². The fourth-order valence-corrected chi connectivity index (χ4v) is 0.547. The number of hydrogen-bond acceptors (Lipinski definition) is 2. The Morgan fingerprint density at radius 1 is 1.36 bits per heavy atom. The first-order valence-corrected chi connectivity index (χ1v) is 3.24. The largest absolute Gasteiger partial charge is 0.361 e. The van der Waals surface area contributed by atoms with Crippen molar-refractivity contribution >= 4 is 17.3 Å². The number of rotatable bonds is 3. The zero-order valence-corrected chi connectivity index (χ0v) is 6.79. The van der Waals surface area contributed by atoms with E-state index in [0.29, 0.717) is 0 Å². The molecule has 0 fully saturated rings. The molecule has 1 atom stereocenters. The zero-order valence-electron chi connectivity index (χ0n) is 6.79. The van der Waals surface area contributed by atoms with Gasteiger partial charge in [0.15, 0.2) is 0 Å². The van der Waals surface area contributed by atoms with Crippen molar-refractivity contribution in [3.8, 4) is 0 Å². The third-order valence-corrected chi connectivity index (χ3v) is 1.51. The fraction of sp³-hybridized carbons (Fsp3) is 0.571. The molecule has 0 aliphatic rings. The number of carbonyl (C=O) groups is 2. The second kappa shape index (κ2) is 3.78. The van der Waals surface area contributed by atoms with E-state index in [1.807, 2.05) is 0 Å². The zero-order chi connectivity index (χ0) is 9.02. The average molecular weight is 154 g/mol. The summed E-state index contributed by atoms with van der Waals surface area (Å²) in [4.78, 5) is 24.4. The summed E-state index contributed by atoms with van der Waals surface area (Å²) in [7, 11) is 0. The number of hydrogen-bond donors (Lipinski definition) is 0. The molecule has 1 unspecified atom stereocenters. The minimum Gasteiger partial charge on any atom is -0.361 e. The Kier molecular flexibility index (Phi) is 3.34. The number of nitrogens with zero attached hydrogens (tertiary/aromatic N) is 2. The lowest BCUT2D eigenvalue weighted by atomic mass is 10.00. The Hall–Kier alpha value is -1.28. The van der Waals surface area contributed by atoms with E-state index in [2.05, 4.69) is 4.79 Å². The van der Waals surface area contributed by atoms with Gasteiger partial charge in [-0.1, -0.05) is 0 Å². The van der Waals surface area contributed by atoms with E-state index in [-0.39, 0.29) is 11.5 Å². The lowest BCUT2D eigenvalue weighted by molar-refractivity contribution is -0.129. The molecule has 0 saturated carbocycles. The second-order valence-electron chi connectivity index (χ2n) is 2.38. The molecule has 0 radical (unpaired) electrons. The molecule has 4 heteroatoms. The molecule has 0 aliphatic heterocycles. The van der Waals surface area contributed by atoms with Gasteiger partial charge >= 0.3 is 5.71 Å². The average Bonchev–Trinajstić information content (AvgIpc) is 2.00. The van der Waals surface area contributed by atoms with Crippen molar-refractivity contribution in [1.82, 2.24) is 0 Å². The van der Waals surface area contributed by atoms with Crippen molar-refractivity contribution in [1.29, 1.82) is 0 Å². The molecule has 0 rings (SSSR count). The monoisotopic (exact) mass is 154 g/mol. The van der Waals surface area contributed by atoms with Crippen molar-refractivity contribution in [3.05, 3.63) is 5.53 Å². The summed E-state index contributed by atoms with van der Waals surface area (Å²) in [6, 6.07) is 0. The van der Waals surface area contributed by atoms with Crippen LogP contribution in [0.3, 0.4) is 0 Å². The van der Waals surface area contributed by atoms with Gasteiger partial charge in [0.2, 0.25) is 5.78 Å². The maximum absolute atomic E-state index is 11.0. The third kappa shape index (κ3) is 2.43. The van der Waals surface area contributed by atoms with Gasteiger partial charge < -0.3 is 5.53 Å². The van der Waals surface area contributed by atoms with Crippen LogP contribution in [0.15, 0.2) is 0 Å². The smallest absolute Gasteiger partial charge is 0.332 e. The Balaban J connectivity index is 4.51. The first-order chi connectivity index (χ1) is 5.00. The van der Waals surface area contributed by atoms with Gasteiger partial charge in [-0.05, 0) is 13.8 Å². The second-order valence-corrected chi connectivity index (χ2v) is 2.38. The summed E-state index contributed by atoms with van der Waals surface area (Å²) >= 11 is 0. The molecule has 0 bridgehead atoms. The van der Waals surface area contributed by atoms with Crippen LogP contribution in [0.2, 0.25) is 0 Å². The predicted molar refractivity (Wildman–Crippen MR) is 39.2 cm³/mol. The molecule has 4 nitrogen and oxygen atoms in total. The molecule has 0 saturated heterocycles. The van der Waals surface area contributed by atoms with Crippen LogP contribution in [0.1, 0.15) is 20.8 Å². The van der Waals surface area contributed by atoms with E-state index in [1.54, 1.807) is 0 Å².